The summed E-state index contributed by atoms with van der Waals surface area (Å²) in [4.78, 5) is 13.4. The number of imidazole rings is 1. The van der Waals surface area contributed by atoms with Crippen molar-refractivity contribution in [3.8, 4) is 5.75 Å². The first-order chi connectivity index (χ1) is 13.5. The van der Waals surface area contributed by atoms with E-state index < -0.39 is 0 Å². The SMILES string of the molecule is CCN1CCc2[nH]cnc2C12CCN(Cc1ccc3c(c1)CC(C)(C)O3)CC2. The van der Waals surface area contributed by atoms with Gasteiger partial charge in [0.25, 0.3) is 0 Å². The first-order valence-corrected chi connectivity index (χ1v) is 10.8. The lowest BCUT2D eigenvalue weighted by Gasteiger charge is -2.50. The summed E-state index contributed by atoms with van der Waals surface area (Å²) in [6, 6.07) is 6.77. The van der Waals surface area contributed by atoms with Crippen LogP contribution in [0.3, 0.4) is 0 Å². The Labute approximate surface area is 168 Å². The van der Waals surface area contributed by atoms with Crippen LogP contribution in [0.5, 0.6) is 5.75 Å². The van der Waals surface area contributed by atoms with Crippen LogP contribution in [-0.4, -0.2) is 51.5 Å². The highest BCUT2D eigenvalue weighted by Gasteiger charge is 2.45. The molecule has 5 heteroatoms. The van der Waals surface area contributed by atoms with Gasteiger partial charge in [0, 0.05) is 44.7 Å². The Balaban J connectivity index is 1.30. The number of likely N-dealkylation sites (tertiary alicyclic amines) is 1. The molecule has 0 saturated carbocycles. The van der Waals surface area contributed by atoms with Gasteiger partial charge in [0.15, 0.2) is 0 Å². The molecule has 1 aromatic heterocycles. The van der Waals surface area contributed by atoms with Gasteiger partial charge in [-0.1, -0.05) is 19.1 Å². The molecule has 150 valence electrons. The fraction of sp³-hybridized carbons (Fsp3) is 0.609. The maximum absolute atomic E-state index is 6.04. The average molecular weight is 381 g/mol. The number of fused-ring (bicyclic) bond motifs is 3. The van der Waals surface area contributed by atoms with Crippen LogP contribution in [0.4, 0.5) is 0 Å². The third-order valence-corrected chi connectivity index (χ3v) is 6.99. The van der Waals surface area contributed by atoms with Gasteiger partial charge < -0.3 is 9.72 Å². The van der Waals surface area contributed by atoms with Crippen molar-refractivity contribution in [2.45, 2.75) is 64.1 Å². The van der Waals surface area contributed by atoms with E-state index in [1.54, 1.807) is 0 Å². The Bertz CT molecular complexity index is 863. The van der Waals surface area contributed by atoms with Crippen molar-refractivity contribution < 1.29 is 4.74 Å². The minimum absolute atomic E-state index is 0.0652. The third-order valence-electron chi connectivity index (χ3n) is 6.99. The quantitative estimate of drug-likeness (QED) is 0.885. The predicted molar refractivity (Wildman–Crippen MR) is 111 cm³/mol. The molecule has 1 aromatic carbocycles. The summed E-state index contributed by atoms with van der Waals surface area (Å²) in [7, 11) is 0. The molecule has 28 heavy (non-hydrogen) atoms. The molecule has 5 rings (SSSR count). The van der Waals surface area contributed by atoms with Gasteiger partial charge in [-0.3, -0.25) is 9.80 Å². The molecule has 5 nitrogen and oxygen atoms in total. The molecule has 0 amide bonds. The van der Waals surface area contributed by atoms with Crippen LogP contribution in [0, 0.1) is 0 Å². The van der Waals surface area contributed by atoms with Crippen LogP contribution in [0.2, 0.25) is 0 Å². The number of hydrogen-bond acceptors (Lipinski definition) is 4. The number of ether oxygens (including phenoxy) is 1. The van der Waals surface area contributed by atoms with Crippen LogP contribution in [0.25, 0.3) is 0 Å². The summed E-state index contributed by atoms with van der Waals surface area (Å²) in [6.45, 7) is 12.2. The third kappa shape index (κ3) is 2.96. The number of H-pyrrole nitrogens is 1. The largest absolute Gasteiger partial charge is 0.487 e. The number of likely N-dealkylation sites (N-methyl/N-ethyl adjacent to an activating group) is 1. The summed E-state index contributed by atoms with van der Waals surface area (Å²) < 4.78 is 6.04. The van der Waals surface area contributed by atoms with Gasteiger partial charge >= 0.3 is 0 Å². The maximum atomic E-state index is 6.04. The molecule has 2 aromatic rings. The smallest absolute Gasteiger partial charge is 0.123 e. The minimum Gasteiger partial charge on any atom is -0.487 e. The zero-order valence-electron chi connectivity index (χ0n) is 17.4. The molecule has 4 heterocycles. The Kier molecular flexibility index (Phi) is 4.29. The van der Waals surface area contributed by atoms with Gasteiger partial charge in [0.2, 0.25) is 0 Å². The summed E-state index contributed by atoms with van der Waals surface area (Å²) in [6.07, 6.45) is 6.33. The van der Waals surface area contributed by atoms with Gasteiger partial charge in [-0.05, 0) is 50.4 Å². The molecular formula is C23H32N4O. The number of hydrogen-bond donors (Lipinski definition) is 1. The van der Waals surface area contributed by atoms with E-state index in [1.165, 1.54) is 35.4 Å². The molecule has 3 aliphatic rings. The number of rotatable bonds is 3. The van der Waals surface area contributed by atoms with E-state index >= 15 is 0 Å². The molecule has 1 fully saturated rings. The number of nitrogens with zero attached hydrogens (tertiary/aromatic N) is 3. The maximum Gasteiger partial charge on any atom is 0.123 e. The molecular weight excluding hydrogens is 348 g/mol. The second kappa shape index (κ2) is 6.60. The Hall–Kier alpha value is -1.85. The van der Waals surface area contributed by atoms with E-state index in [2.05, 4.69) is 53.8 Å². The lowest BCUT2D eigenvalue weighted by molar-refractivity contribution is 0.00709. The van der Waals surface area contributed by atoms with E-state index in [1.807, 2.05) is 6.33 Å². The number of piperidine rings is 1. The molecule has 1 N–H and O–H groups in total. The zero-order valence-corrected chi connectivity index (χ0v) is 17.4. The fourth-order valence-corrected chi connectivity index (χ4v) is 5.64. The number of aromatic nitrogens is 2. The van der Waals surface area contributed by atoms with Crippen LogP contribution >= 0.6 is 0 Å². The number of benzene rings is 1. The van der Waals surface area contributed by atoms with Crippen molar-refractivity contribution in [3.05, 3.63) is 47.0 Å². The lowest BCUT2D eigenvalue weighted by atomic mass is 9.78. The predicted octanol–water partition coefficient (Wildman–Crippen LogP) is 3.49. The van der Waals surface area contributed by atoms with E-state index in [4.69, 9.17) is 9.72 Å². The molecule has 1 spiro atoms. The summed E-state index contributed by atoms with van der Waals surface area (Å²) in [5, 5.41) is 0. The monoisotopic (exact) mass is 380 g/mol. The Morgan fingerprint density at radius 3 is 2.79 bits per heavy atom. The molecule has 1 saturated heterocycles. The molecule has 0 unspecified atom stereocenters. The number of nitrogens with one attached hydrogen (secondary N) is 1. The highest BCUT2D eigenvalue weighted by molar-refractivity contribution is 5.41. The highest BCUT2D eigenvalue weighted by atomic mass is 16.5. The van der Waals surface area contributed by atoms with Gasteiger partial charge in [0.1, 0.15) is 11.4 Å². The normalized spacial score (nSPS) is 23.4. The van der Waals surface area contributed by atoms with E-state index in [0.29, 0.717) is 0 Å². The lowest BCUT2D eigenvalue weighted by Crippen LogP contribution is -2.56. The molecule has 0 atom stereocenters. The average Bonchev–Trinajstić information content (AvgIpc) is 3.27. The van der Waals surface area contributed by atoms with Gasteiger partial charge in [-0.25, -0.2) is 4.98 Å². The Morgan fingerprint density at radius 2 is 2.00 bits per heavy atom. The molecule has 0 aliphatic carbocycles. The van der Waals surface area contributed by atoms with Crippen molar-refractivity contribution in [2.75, 3.05) is 26.2 Å². The minimum atomic E-state index is -0.0652. The van der Waals surface area contributed by atoms with E-state index in [0.717, 1.165) is 51.3 Å². The zero-order chi connectivity index (χ0) is 19.4. The number of aromatic amines is 1. The van der Waals surface area contributed by atoms with E-state index in [-0.39, 0.29) is 11.1 Å². The van der Waals surface area contributed by atoms with Gasteiger partial charge in [0.05, 0.1) is 17.6 Å². The molecule has 0 bridgehead atoms. The second-order valence-corrected chi connectivity index (χ2v) is 9.35. The van der Waals surface area contributed by atoms with Crippen LogP contribution in [-0.2, 0) is 24.9 Å². The second-order valence-electron chi connectivity index (χ2n) is 9.35. The topological polar surface area (TPSA) is 44.4 Å². The summed E-state index contributed by atoms with van der Waals surface area (Å²) in [5.74, 6) is 1.07. The van der Waals surface area contributed by atoms with Gasteiger partial charge in [-0.15, -0.1) is 0 Å². The van der Waals surface area contributed by atoms with Gasteiger partial charge in [-0.2, -0.15) is 0 Å². The summed E-state index contributed by atoms with van der Waals surface area (Å²) >= 11 is 0. The van der Waals surface area contributed by atoms with Crippen molar-refractivity contribution in [1.82, 2.24) is 19.8 Å². The van der Waals surface area contributed by atoms with Crippen molar-refractivity contribution >= 4 is 0 Å². The standard InChI is InChI=1S/C23H32N4O/c1-4-27-10-7-19-21(25-16-24-19)23(27)8-11-26(12-9-23)15-17-5-6-20-18(13-17)14-22(2,3)28-20/h5-6,13,16H,4,7-12,14-15H2,1-3H3,(H,24,25). The fourth-order valence-electron chi connectivity index (χ4n) is 5.64. The van der Waals surface area contributed by atoms with Crippen molar-refractivity contribution in [3.63, 3.8) is 0 Å². The van der Waals surface area contributed by atoms with Crippen molar-refractivity contribution in [2.24, 2.45) is 0 Å². The van der Waals surface area contributed by atoms with Crippen LogP contribution in [0.15, 0.2) is 24.5 Å². The van der Waals surface area contributed by atoms with Crippen LogP contribution < -0.4 is 4.74 Å². The first kappa shape index (κ1) is 18.2. The van der Waals surface area contributed by atoms with E-state index in [9.17, 15) is 0 Å². The first-order valence-electron chi connectivity index (χ1n) is 10.8. The highest BCUT2D eigenvalue weighted by Crippen LogP contribution is 2.42. The Morgan fingerprint density at radius 1 is 1.18 bits per heavy atom. The molecule has 0 radical (unpaired) electrons. The summed E-state index contributed by atoms with van der Waals surface area (Å²) in [5.41, 5.74) is 5.52. The molecule has 3 aliphatic heterocycles. The van der Waals surface area contributed by atoms with Crippen LogP contribution in [0.1, 0.15) is 56.1 Å². The van der Waals surface area contributed by atoms with Crippen molar-refractivity contribution in [1.29, 1.82) is 0 Å².